The van der Waals surface area contributed by atoms with Gasteiger partial charge < -0.3 is 10.4 Å². The van der Waals surface area contributed by atoms with Crippen LogP contribution in [0.3, 0.4) is 0 Å². The third-order valence-electron chi connectivity index (χ3n) is 6.03. The van der Waals surface area contributed by atoms with Gasteiger partial charge in [0.25, 0.3) is 6.43 Å². The number of carboxylic acid groups (broad SMARTS) is 1. The summed E-state index contributed by atoms with van der Waals surface area (Å²) in [7, 11) is 0. The molecule has 9 heteroatoms. The molecule has 0 spiro atoms. The number of nitrogens with one attached hydrogen (secondary N) is 1. The molecule has 0 saturated heterocycles. The van der Waals surface area contributed by atoms with Gasteiger partial charge in [0.05, 0.1) is 5.41 Å². The Kier molecular flexibility index (Phi) is 6.57. The number of aliphatic carboxylic acids is 1. The Morgan fingerprint density at radius 2 is 1.82 bits per heavy atom. The molecule has 0 atom stereocenters. The molecule has 3 aromatic rings. The third-order valence-corrected chi connectivity index (χ3v) is 6.03. The lowest BCUT2D eigenvalue weighted by atomic mass is 9.71. The van der Waals surface area contributed by atoms with Crippen molar-refractivity contribution in [3.8, 4) is 11.1 Å². The average molecular weight is 453 g/mol. The van der Waals surface area contributed by atoms with E-state index in [1.54, 1.807) is 12.4 Å². The zero-order valence-electron chi connectivity index (χ0n) is 18.3. The van der Waals surface area contributed by atoms with Crippen LogP contribution in [0, 0.1) is 12.3 Å². The summed E-state index contributed by atoms with van der Waals surface area (Å²) in [6.07, 6.45) is 6.49. The zero-order valence-corrected chi connectivity index (χ0v) is 18.3. The molecule has 0 radical (unpaired) electrons. The number of carboxylic acids is 1. The number of carbonyl (C=O) groups is 1. The van der Waals surface area contributed by atoms with Crippen LogP contribution in [-0.4, -0.2) is 31.0 Å². The van der Waals surface area contributed by atoms with E-state index >= 15 is 0 Å². The summed E-state index contributed by atoms with van der Waals surface area (Å²) in [6.45, 7) is 1.92. The van der Waals surface area contributed by atoms with Gasteiger partial charge >= 0.3 is 5.97 Å². The molecular formula is C24H25F2N5O2. The van der Waals surface area contributed by atoms with Gasteiger partial charge in [0.15, 0.2) is 0 Å². The number of aromatic nitrogens is 4. The van der Waals surface area contributed by atoms with Crippen molar-refractivity contribution in [2.45, 2.75) is 51.9 Å². The maximum atomic E-state index is 12.9. The smallest absolute Gasteiger partial charge is 0.310 e. The van der Waals surface area contributed by atoms with Gasteiger partial charge in [0, 0.05) is 36.3 Å². The van der Waals surface area contributed by atoms with Crippen LogP contribution >= 0.6 is 0 Å². The molecule has 0 bridgehead atoms. The third kappa shape index (κ3) is 5.30. The number of rotatable bonds is 7. The summed E-state index contributed by atoms with van der Waals surface area (Å²) < 4.78 is 25.8. The predicted molar refractivity (Wildman–Crippen MR) is 119 cm³/mol. The topological polar surface area (TPSA) is 101 Å². The first-order valence-corrected chi connectivity index (χ1v) is 10.9. The van der Waals surface area contributed by atoms with E-state index in [1.807, 2.05) is 25.1 Å². The maximum absolute atomic E-state index is 12.9. The van der Waals surface area contributed by atoms with Crippen molar-refractivity contribution >= 4 is 17.6 Å². The minimum Gasteiger partial charge on any atom is -0.481 e. The van der Waals surface area contributed by atoms with Crippen molar-refractivity contribution in [1.29, 1.82) is 0 Å². The van der Waals surface area contributed by atoms with Crippen LogP contribution in [-0.2, 0) is 11.2 Å². The fourth-order valence-electron chi connectivity index (χ4n) is 4.30. The second-order valence-electron chi connectivity index (χ2n) is 8.53. The Bertz CT molecular complexity index is 1130. The molecule has 0 amide bonds. The van der Waals surface area contributed by atoms with Crippen molar-refractivity contribution in [2.75, 3.05) is 5.32 Å². The molecule has 1 aliphatic carbocycles. The molecule has 2 heterocycles. The van der Waals surface area contributed by atoms with E-state index in [-0.39, 0.29) is 11.6 Å². The summed E-state index contributed by atoms with van der Waals surface area (Å²) in [5.41, 5.74) is 2.05. The monoisotopic (exact) mass is 453 g/mol. The van der Waals surface area contributed by atoms with Crippen LogP contribution in [0.4, 0.5) is 20.4 Å². The first-order valence-electron chi connectivity index (χ1n) is 10.9. The first kappa shape index (κ1) is 22.7. The van der Waals surface area contributed by atoms with Gasteiger partial charge in [-0.1, -0.05) is 25.3 Å². The summed E-state index contributed by atoms with van der Waals surface area (Å²) in [4.78, 5) is 28.7. The highest BCUT2D eigenvalue weighted by molar-refractivity contribution is 5.75. The van der Waals surface area contributed by atoms with E-state index in [2.05, 4.69) is 25.3 Å². The summed E-state index contributed by atoms with van der Waals surface area (Å²) in [5, 5.41) is 12.8. The zero-order chi connectivity index (χ0) is 23.4. The van der Waals surface area contributed by atoms with Gasteiger partial charge in [-0.05, 0) is 49.1 Å². The van der Waals surface area contributed by atoms with Crippen molar-refractivity contribution in [1.82, 2.24) is 19.9 Å². The van der Waals surface area contributed by atoms with Crippen LogP contribution in [0.1, 0.15) is 55.6 Å². The Labute approximate surface area is 190 Å². The average Bonchev–Trinajstić information content (AvgIpc) is 2.80. The van der Waals surface area contributed by atoms with E-state index < -0.39 is 17.8 Å². The largest absolute Gasteiger partial charge is 0.481 e. The molecular weight excluding hydrogens is 428 g/mol. The van der Waals surface area contributed by atoms with E-state index in [4.69, 9.17) is 0 Å². The van der Waals surface area contributed by atoms with E-state index in [9.17, 15) is 18.7 Å². The Morgan fingerprint density at radius 1 is 1.09 bits per heavy atom. The normalized spacial score (nSPS) is 15.4. The molecule has 1 aliphatic rings. The highest BCUT2D eigenvalue weighted by atomic mass is 19.3. The standard InChI is InChI=1S/C24H25F2N5O2/c1-15-9-16(11-18(10-15)30-23-27-8-5-19(31-23)21(25)26)17-13-28-20(29-14-17)12-24(22(32)33)6-3-2-4-7-24/h5,8-11,13-14,21H,2-4,6-7,12H2,1H3,(H,32,33)(H,27,30,31). The van der Waals surface area contributed by atoms with Crippen LogP contribution in [0.15, 0.2) is 42.9 Å². The minimum absolute atomic E-state index is 0.0856. The first-order chi connectivity index (χ1) is 15.8. The quantitative estimate of drug-likeness (QED) is 0.487. The second-order valence-corrected chi connectivity index (χ2v) is 8.53. The predicted octanol–water partition coefficient (Wildman–Crippen LogP) is 5.50. The SMILES string of the molecule is Cc1cc(Nc2nccc(C(F)F)n2)cc(-c2cnc(CC3(C(=O)O)CCCCC3)nc2)c1. The fraction of sp³-hybridized carbons (Fsp3) is 0.375. The number of benzene rings is 1. The van der Waals surface area contributed by atoms with E-state index in [1.165, 1.54) is 12.3 Å². The van der Waals surface area contributed by atoms with Crippen molar-refractivity contribution in [2.24, 2.45) is 5.41 Å². The van der Waals surface area contributed by atoms with Crippen molar-refractivity contribution < 1.29 is 18.7 Å². The van der Waals surface area contributed by atoms with Gasteiger partial charge in [-0.25, -0.2) is 28.7 Å². The number of aryl methyl sites for hydroxylation is 1. The molecule has 0 unspecified atom stereocenters. The summed E-state index contributed by atoms with van der Waals surface area (Å²) >= 11 is 0. The lowest BCUT2D eigenvalue weighted by Gasteiger charge is -2.32. The molecule has 1 fully saturated rings. The molecule has 4 rings (SSSR count). The molecule has 7 nitrogen and oxygen atoms in total. The number of anilines is 2. The van der Waals surface area contributed by atoms with E-state index in [0.717, 1.165) is 36.0 Å². The van der Waals surface area contributed by atoms with Gasteiger partial charge in [0.1, 0.15) is 11.5 Å². The second kappa shape index (κ2) is 9.56. The van der Waals surface area contributed by atoms with Crippen LogP contribution in [0.2, 0.25) is 0 Å². The van der Waals surface area contributed by atoms with Crippen LogP contribution in [0.25, 0.3) is 11.1 Å². The molecule has 172 valence electrons. The van der Waals surface area contributed by atoms with Gasteiger partial charge in [0.2, 0.25) is 5.95 Å². The van der Waals surface area contributed by atoms with Crippen LogP contribution < -0.4 is 5.32 Å². The fourth-order valence-corrected chi connectivity index (χ4v) is 4.30. The maximum Gasteiger partial charge on any atom is 0.310 e. The molecule has 2 N–H and O–H groups in total. The minimum atomic E-state index is -2.67. The van der Waals surface area contributed by atoms with Crippen LogP contribution in [0.5, 0.6) is 0 Å². The van der Waals surface area contributed by atoms with Gasteiger partial charge in [-0.15, -0.1) is 0 Å². The number of nitrogens with zero attached hydrogens (tertiary/aromatic N) is 4. The lowest BCUT2D eigenvalue weighted by molar-refractivity contribution is -0.151. The molecule has 1 aromatic carbocycles. The highest BCUT2D eigenvalue weighted by Gasteiger charge is 2.40. The lowest BCUT2D eigenvalue weighted by Crippen LogP contribution is -2.36. The number of halogens is 2. The Hall–Kier alpha value is -3.49. The number of hydrogen-bond acceptors (Lipinski definition) is 6. The molecule has 2 aromatic heterocycles. The summed E-state index contributed by atoms with van der Waals surface area (Å²) in [6, 6.07) is 6.83. The number of hydrogen-bond donors (Lipinski definition) is 2. The van der Waals surface area contributed by atoms with E-state index in [0.29, 0.717) is 30.8 Å². The molecule has 0 aliphatic heterocycles. The van der Waals surface area contributed by atoms with Gasteiger partial charge in [-0.3, -0.25) is 4.79 Å². The van der Waals surface area contributed by atoms with Gasteiger partial charge in [-0.2, -0.15) is 0 Å². The Balaban J connectivity index is 1.54. The van der Waals surface area contributed by atoms with Crippen molar-refractivity contribution in [3.05, 3.63) is 59.9 Å². The summed E-state index contributed by atoms with van der Waals surface area (Å²) in [5.74, 6) is -0.170. The Morgan fingerprint density at radius 3 is 2.48 bits per heavy atom. The highest BCUT2D eigenvalue weighted by Crippen LogP contribution is 2.39. The van der Waals surface area contributed by atoms with Crippen molar-refractivity contribution in [3.63, 3.8) is 0 Å². The number of alkyl halides is 2. The molecule has 33 heavy (non-hydrogen) atoms. The molecule has 1 saturated carbocycles.